The lowest BCUT2D eigenvalue weighted by atomic mass is 9.60. The second kappa shape index (κ2) is 9.71. The number of allylic oxidation sites excluding steroid dienone is 4. The summed E-state index contributed by atoms with van der Waals surface area (Å²) in [5, 5.41) is 29.4. The Morgan fingerprint density at radius 1 is 1.23 bits per heavy atom. The van der Waals surface area contributed by atoms with Crippen molar-refractivity contribution in [3.8, 4) is 0 Å². The van der Waals surface area contributed by atoms with E-state index in [4.69, 9.17) is 0 Å². The Bertz CT molecular complexity index is 674. The van der Waals surface area contributed by atoms with Gasteiger partial charge in [-0.25, -0.2) is 0 Å². The zero-order valence-corrected chi connectivity index (χ0v) is 19.5. The maximum Gasteiger partial charge on any atom is 0.0849 e. The molecule has 30 heavy (non-hydrogen) atoms. The lowest BCUT2D eigenvalue weighted by Gasteiger charge is -2.44. The van der Waals surface area contributed by atoms with E-state index in [9.17, 15) is 15.3 Å². The zero-order valence-electron chi connectivity index (χ0n) is 19.5. The van der Waals surface area contributed by atoms with Gasteiger partial charge in [-0.05, 0) is 93.5 Å². The van der Waals surface area contributed by atoms with Crippen LogP contribution in [0.5, 0.6) is 0 Å². The molecule has 0 unspecified atom stereocenters. The summed E-state index contributed by atoms with van der Waals surface area (Å²) in [5.74, 6) is 2.07. The van der Waals surface area contributed by atoms with E-state index in [2.05, 4.69) is 32.6 Å². The van der Waals surface area contributed by atoms with Gasteiger partial charge in [0, 0.05) is 0 Å². The second-order valence-corrected chi connectivity index (χ2v) is 11.1. The van der Waals surface area contributed by atoms with E-state index in [1.54, 1.807) is 12.5 Å². The highest BCUT2D eigenvalue weighted by atomic mass is 16.3. The lowest BCUT2D eigenvalue weighted by molar-refractivity contribution is -0.00891. The molecule has 0 aromatic heterocycles. The maximum atomic E-state index is 10.1. The number of rotatable bonds is 7. The Balaban J connectivity index is 1.66. The summed E-state index contributed by atoms with van der Waals surface area (Å²) < 4.78 is 0. The standard InChI is InChI=1S/C27H44O3/c1-19-9-12-23(29)17-22(19)11-10-21-8-6-16-27(4)24(13-14-25(21)27)20(2)7-5-15-26(3,30)18-28/h10-11,20,23-25,28-30H,1,5-9,12-18H2,2-4H3/b21-10+,22-11+/t20-,23+,24-,25+,26-,27-/m1/s1. The van der Waals surface area contributed by atoms with Crippen molar-refractivity contribution in [1.29, 1.82) is 0 Å². The fourth-order valence-corrected chi connectivity index (χ4v) is 6.69. The first-order valence-electron chi connectivity index (χ1n) is 12.3. The van der Waals surface area contributed by atoms with Crippen molar-refractivity contribution in [1.82, 2.24) is 0 Å². The number of aliphatic hydroxyl groups is 3. The molecule has 3 fully saturated rings. The second-order valence-electron chi connectivity index (χ2n) is 11.1. The summed E-state index contributed by atoms with van der Waals surface area (Å²) in [6.07, 6.45) is 16.1. The third kappa shape index (κ3) is 5.29. The van der Waals surface area contributed by atoms with Crippen LogP contribution in [0.25, 0.3) is 0 Å². The average molecular weight is 417 g/mol. The molecule has 3 heteroatoms. The van der Waals surface area contributed by atoms with Gasteiger partial charge < -0.3 is 15.3 Å². The maximum absolute atomic E-state index is 10.1. The molecule has 0 saturated heterocycles. The summed E-state index contributed by atoms with van der Waals surface area (Å²) in [6.45, 7) is 10.7. The lowest BCUT2D eigenvalue weighted by Crippen LogP contribution is -2.36. The van der Waals surface area contributed by atoms with Crippen molar-refractivity contribution in [3.63, 3.8) is 0 Å². The number of aliphatic hydroxyl groups excluding tert-OH is 2. The van der Waals surface area contributed by atoms with Gasteiger partial charge in [-0.1, -0.05) is 56.6 Å². The number of hydrogen-bond acceptors (Lipinski definition) is 3. The van der Waals surface area contributed by atoms with Gasteiger partial charge in [0.2, 0.25) is 0 Å². The monoisotopic (exact) mass is 416 g/mol. The molecule has 3 N–H and O–H groups in total. The highest BCUT2D eigenvalue weighted by molar-refractivity contribution is 5.36. The van der Waals surface area contributed by atoms with Gasteiger partial charge in [-0.2, -0.15) is 0 Å². The minimum Gasteiger partial charge on any atom is -0.393 e. The molecule has 3 nitrogen and oxygen atoms in total. The molecular formula is C27H44O3. The quantitative estimate of drug-likeness (QED) is 0.498. The van der Waals surface area contributed by atoms with Gasteiger partial charge in [-0.15, -0.1) is 0 Å². The Morgan fingerprint density at radius 2 is 2.00 bits per heavy atom. The minimum absolute atomic E-state index is 0.155. The molecule has 0 radical (unpaired) electrons. The summed E-state index contributed by atoms with van der Waals surface area (Å²) in [4.78, 5) is 0. The predicted molar refractivity (Wildman–Crippen MR) is 124 cm³/mol. The Hall–Kier alpha value is -0.900. The topological polar surface area (TPSA) is 60.7 Å². The van der Waals surface area contributed by atoms with Crippen molar-refractivity contribution >= 4 is 0 Å². The molecule has 3 saturated carbocycles. The fraction of sp³-hybridized carbons (Fsp3) is 0.778. The SMILES string of the molecule is C=C1CC[C@H](O)C/C1=C\C=C1/CCC[C@]2(C)[C@@H]([C@H](C)CCC[C@@](C)(O)CO)CC[C@@H]12. The molecule has 3 aliphatic carbocycles. The first-order valence-corrected chi connectivity index (χ1v) is 12.3. The highest BCUT2D eigenvalue weighted by Crippen LogP contribution is 2.60. The van der Waals surface area contributed by atoms with E-state index in [-0.39, 0.29) is 12.7 Å². The minimum atomic E-state index is -0.938. The van der Waals surface area contributed by atoms with Crippen LogP contribution in [0.15, 0.2) is 35.5 Å². The van der Waals surface area contributed by atoms with Crippen LogP contribution in [0.4, 0.5) is 0 Å². The third-order valence-electron chi connectivity index (χ3n) is 8.63. The van der Waals surface area contributed by atoms with Gasteiger partial charge in [0.05, 0.1) is 18.3 Å². The van der Waals surface area contributed by atoms with Crippen molar-refractivity contribution in [2.45, 2.75) is 103 Å². The Morgan fingerprint density at radius 3 is 2.73 bits per heavy atom. The van der Waals surface area contributed by atoms with Crippen LogP contribution in [0.1, 0.15) is 91.4 Å². The summed E-state index contributed by atoms with van der Waals surface area (Å²) in [7, 11) is 0. The Kier molecular flexibility index (Phi) is 7.69. The van der Waals surface area contributed by atoms with Crippen molar-refractivity contribution < 1.29 is 15.3 Å². The molecular weight excluding hydrogens is 372 g/mol. The van der Waals surface area contributed by atoms with Crippen LogP contribution >= 0.6 is 0 Å². The van der Waals surface area contributed by atoms with Crippen LogP contribution in [0.2, 0.25) is 0 Å². The van der Waals surface area contributed by atoms with Crippen LogP contribution in [-0.2, 0) is 0 Å². The van der Waals surface area contributed by atoms with E-state index < -0.39 is 5.60 Å². The van der Waals surface area contributed by atoms with Crippen LogP contribution < -0.4 is 0 Å². The molecule has 0 aromatic rings. The van der Waals surface area contributed by atoms with E-state index >= 15 is 0 Å². The molecule has 0 aliphatic heterocycles. The van der Waals surface area contributed by atoms with Gasteiger partial charge in [0.15, 0.2) is 0 Å². The van der Waals surface area contributed by atoms with Crippen molar-refractivity contribution in [2.24, 2.45) is 23.2 Å². The number of hydrogen-bond donors (Lipinski definition) is 3. The highest BCUT2D eigenvalue weighted by Gasteiger charge is 2.50. The number of fused-ring (bicyclic) bond motifs is 1. The van der Waals surface area contributed by atoms with Gasteiger partial charge in [0.1, 0.15) is 0 Å². The first kappa shape index (κ1) is 23.8. The van der Waals surface area contributed by atoms with E-state index in [0.717, 1.165) is 38.0 Å². The molecule has 0 aromatic carbocycles. The largest absolute Gasteiger partial charge is 0.393 e. The van der Waals surface area contributed by atoms with Gasteiger partial charge in [0.25, 0.3) is 0 Å². The molecule has 0 heterocycles. The molecule has 0 amide bonds. The van der Waals surface area contributed by atoms with E-state index in [1.165, 1.54) is 43.3 Å². The smallest absolute Gasteiger partial charge is 0.0849 e. The Labute approximate surface area is 184 Å². The van der Waals surface area contributed by atoms with Gasteiger partial charge in [-0.3, -0.25) is 0 Å². The van der Waals surface area contributed by atoms with Crippen LogP contribution in [-0.4, -0.2) is 33.6 Å². The molecule has 170 valence electrons. The molecule has 3 rings (SSSR count). The van der Waals surface area contributed by atoms with Crippen LogP contribution in [0, 0.1) is 23.2 Å². The van der Waals surface area contributed by atoms with E-state index in [1.807, 2.05) is 0 Å². The average Bonchev–Trinajstić information content (AvgIpc) is 3.06. The summed E-state index contributed by atoms with van der Waals surface area (Å²) >= 11 is 0. The van der Waals surface area contributed by atoms with E-state index in [0.29, 0.717) is 23.7 Å². The zero-order chi connectivity index (χ0) is 21.9. The molecule has 0 spiro atoms. The van der Waals surface area contributed by atoms with Crippen LogP contribution in [0.3, 0.4) is 0 Å². The predicted octanol–water partition coefficient (Wildman–Crippen LogP) is 5.71. The molecule has 0 bridgehead atoms. The molecule has 3 aliphatic rings. The normalized spacial score (nSPS) is 37.9. The third-order valence-corrected chi connectivity index (χ3v) is 8.63. The van der Waals surface area contributed by atoms with Crippen molar-refractivity contribution in [2.75, 3.05) is 6.61 Å². The van der Waals surface area contributed by atoms with Gasteiger partial charge >= 0.3 is 0 Å². The summed E-state index contributed by atoms with van der Waals surface area (Å²) in [6, 6.07) is 0. The summed E-state index contributed by atoms with van der Waals surface area (Å²) in [5.41, 5.74) is 3.50. The molecule has 6 atom stereocenters. The first-order chi connectivity index (χ1) is 14.2. The van der Waals surface area contributed by atoms with Crippen molar-refractivity contribution in [3.05, 3.63) is 35.5 Å². The fourth-order valence-electron chi connectivity index (χ4n) is 6.69.